The monoisotopic (exact) mass is 346 g/mol. The molecule has 0 atom stereocenters. The third kappa shape index (κ3) is 3.14. The van der Waals surface area contributed by atoms with E-state index in [0.29, 0.717) is 0 Å². The molecule has 4 nitrogen and oxygen atoms in total. The molecule has 4 aromatic rings. The fourth-order valence-corrected chi connectivity index (χ4v) is 3.78. The first kappa shape index (κ1) is 15.7. The zero-order valence-electron chi connectivity index (χ0n) is 14.7. The van der Waals surface area contributed by atoms with Crippen LogP contribution in [0.5, 0.6) is 0 Å². The van der Waals surface area contributed by atoms with Gasteiger partial charge in [-0.15, -0.1) is 0 Å². The van der Waals surface area contributed by atoms with E-state index in [4.69, 9.17) is 8.83 Å². The second-order valence-corrected chi connectivity index (χ2v) is 7.05. The number of furan rings is 2. The van der Waals surface area contributed by atoms with Crippen molar-refractivity contribution < 1.29 is 8.83 Å². The van der Waals surface area contributed by atoms with Crippen LogP contribution in [-0.4, -0.2) is 36.0 Å². The Hall–Kier alpha value is -2.56. The standard InChI is InChI=1S/C22H22N2O2/c1-3-7-21-17(5-1)13-19(25-21)15-23-9-11-24(12-10-23)16-20-14-18-6-2-4-8-22(18)26-20/h1-8,13-14H,9-12,15-16H2. The summed E-state index contributed by atoms with van der Waals surface area (Å²) in [7, 11) is 0. The normalized spacial score (nSPS) is 16.6. The second-order valence-electron chi connectivity index (χ2n) is 7.05. The molecule has 26 heavy (non-hydrogen) atoms. The molecule has 0 unspecified atom stereocenters. The molecule has 5 rings (SSSR count). The molecule has 0 amide bonds. The maximum absolute atomic E-state index is 5.96. The molecule has 1 aliphatic rings. The summed E-state index contributed by atoms with van der Waals surface area (Å²) in [5.41, 5.74) is 1.96. The lowest BCUT2D eigenvalue weighted by atomic mass is 10.2. The van der Waals surface area contributed by atoms with Gasteiger partial charge < -0.3 is 8.83 Å². The molecule has 1 aliphatic heterocycles. The molecule has 3 heterocycles. The van der Waals surface area contributed by atoms with Crippen molar-refractivity contribution in [2.45, 2.75) is 13.1 Å². The Morgan fingerprint density at radius 3 is 1.46 bits per heavy atom. The summed E-state index contributed by atoms with van der Waals surface area (Å²) in [6, 6.07) is 20.7. The van der Waals surface area contributed by atoms with Crippen molar-refractivity contribution in [2.75, 3.05) is 26.2 Å². The highest BCUT2D eigenvalue weighted by Crippen LogP contribution is 2.22. The van der Waals surface area contributed by atoms with E-state index in [1.165, 1.54) is 10.8 Å². The molecule has 0 saturated carbocycles. The zero-order chi connectivity index (χ0) is 17.3. The number of hydrogen-bond acceptors (Lipinski definition) is 4. The molecule has 4 heteroatoms. The van der Waals surface area contributed by atoms with Gasteiger partial charge in [-0.3, -0.25) is 9.80 Å². The Labute approximate surface area is 152 Å². The third-order valence-corrected chi connectivity index (χ3v) is 5.18. The molecule has 1 saturated heterocycles. The van der Waals surface area contributed by atoms with Gasteiger partial charge in [-0.1, -0.05) is 36.4 Å². The van der Waals surface area contributed by atoms with Crippen molar-refractivity contribution in [2.24, 2.45) is 0 Å². The molecular formula is C22H22N2O2. The van der Waals surface area contributed by atoms with Crippen LogP contribution in [0.15, 0.2) is 69.5 Å². The minimum Gasteiger partial charge on any atom is -0.460 e. The first-order chi connectivity index (χ1) is 12.8. The zero-order valence-corrected chi connectivity index (χ0v) is 14.7. The summed E-state index contributed by atoms with van der Waals surface area (Å²) in [5.74, 6) is 2.11. The van der Waals surface area contributed by atoms with Crippen LogP contribution >= 0.6 is 0 Å². The molecule has 0 bridgehead atoms. The van der Waals surface area contributed by atoms with Gasteiger partial charge in [-0.25, -0.2) is 0 Å². The Morgan fingerprint density at radius 2 is 1.04 bits per heavy atom. The Balaban J connectivity index is 1.19. The van der Waals surface area contributed by atoms with Crippen LogP contribution in [0.3, 0.4) is 0 Å². The Morgan fingerprint density at radius 1 is 0.615 bits per heavy atom. The van der Waals surface area contributed by atoms with E-state index in [1.807, 2.05) is 24.3 Å². The summed E-state index contributed by atoms with van der Waals surface area (Å²) >= 11 is 0. The molecule has 0 radical (unpaired) electrons. The molecule has 1 fully saturated rings. The van der Waals surface area contributed by atoms with Crippen LogP contribution in [0, 0.1) is 0 Å². The van der Waals surface area contributed by atoms with Crippen molar-refractivity contribution in [3.8, 4) is 0 Å². The van der Waals surface area contributed by atoms with Gasteiger partial charge in [0, 0.05) is 37.0 Å². The van der Waals surface area contributed by atoms with E-state index >= 15 is 0 Å². The lowest BCUT2D eigenvalue weighted by Gasteiger charge is -2.33. The van der Waals surface area contributed by atoms with Gasteiger partial charge >= 0.3 is 0 Å². The minimum atomic E-state index is 0.882. The first-order valence-corrected chi connectivity index (χ1v) is 9.23. The fourth-order valence-electron chi connectivity index (χ4n) is 3.78. The van der Waals surface area contributed by atoms with Crippen LogP contribution in [0.25, 0.3) is 21.9 Å². The van der Waals surface area contributed by atoms with Crippen LogP contribution < -0.4 is 0 Å². The van der Waals surface area contributed by atoms with E-state index in [1.54, 1.807) is 0 Å². The molecule has 0 N–H and O–H groups in total. The van der Waals surface area contributed by atoms with Crippen LogP contribution in [-0.2, 0) is 13.1 Å². The maximum atomic E-state index is 5.96. The van der Waals surface area contributed by atoms with Crippen LogP contribution in [0.2, 0.25) is 0 Å². The minimum absolute atomic E-state index is 0.882. The van der Waals surface area contributed by atoms with Gasteiger partial charge in [0.2, 0.25) is 0 Å². The highest BCUT2D eigenvalue weighted by Gasteiger charge is 2.19. The second kappa shape index (κ2) is 6.63. The van der Waals surface area contributed by atoms with Gasteiger partial charge in [-0.05, 0) is 24.3 Å². The quantitative estimate of drug-likeness (QED) is 0.545. The summed E-state index contributed by atoms with van der Waals surface area (Å²) in [6.07, 6.45) is 0. The summed E-state index contributed by atoms with van der Waals surface area (Å²) in [4.78, 5) is 4.93. The van der Waals surface area contributed by atoms with E-state index in [9.17, 15) is 0 Å². The molecule has 132 valence electrons. The number of rotatable bonds is 4. The largest absolute Gasteiger partial charge is 0.460 e. The van der Waals surface area contributed by atoms with E-state index in [-0.39, 0.29) is 0 Å². The molecule has 2 aromatic carbocycles. The predicted molar refractivity (Wildman–Crippen MR) is 103 cm³/mol. The summed E-state index contributed by atoms with van der Waals surface area (Å²) < 4.78 is 11.9. The Bertz CT molecular complexity index is 875. The van der Waals surface area contributed by atoms with E-state index < -0.39 is 0 Å². The first-order valence-electron chi connectivity index (χ1n) is 9.23. The van der Waals surface area contributed by atoms with Crippen LogP contribution in [0.1, 0.15) is 11.5 Å². The summed E-state index contributed by atoms with van der Waals surface area (Å²) in [6.45, 7) is 5.98. The van der Waals surface area contributed by atoms with Crippen molar-refractivity contribution in [1.29, 1.82) is 0 Å². The predicted octanol–water partition coefficient (Wildman–Crippen LogP) is 4.50. The van der Waals surface area contributed by atoms with Gasteiger partial charge in [0.1, 0.15) is 22.7 Å². The highest BCUT2D eigenvalue weighted by atomic mass is 16.3. The van der Waals surface area contributed by atoms with Crippen molar-refractivity contribution >= 4 is 21.9 Å². The highest BCUT2D eigenvalue weighted by molar-refractivity contribution is 5.78. The van der Waals surface area contributed by atoms with Gasteiger partial charge in [-0.2, -0.15) is 0 Å². The number of piperazine rings is 1. The maximum Gasteiger partial charge on any atom is 0.134 e. The van der Waals surface area contributed by atoms with Crippen molar-refractivity contribution in [3.05, 3.63) is 72.2 Å². The van der Waals surface area contributed by atoms with E-state index in [2.05, 4.69) is 46.2 Å². The third-order valence-electron chi connectivity index (χ3n) is 5.18. The molecular weight excluding hydrogens is 324 g/mol. The molecule has 2 aromatic heterocycles. The van der Waals surface area contributed by atoms with Crippen molar-refractivity contribution in [1.82, 2.24) is 9.80 Å². The van der Waals surface area contributed by atoms with Gasteiger partial charge in [0.15, 0.2) is 0 Å². The van der Waals surface area contributed by atoms with Crippen molar-refractivity contribution in [3.63, 3.8) is 0 Å². The number of hydrogen-bond donors (Lipinski definition) is 0. The van der Waals surface area contributed by atoms with Crippen LogP contribution in [0.4, 0.5) is 0 Å². The number of para-hydroxylation sites is 2. The number of fused-ring (bicyclic) bond motifs is 2. The average molecular weight is 346 g/mol. The lowest BCUT2D eigenvalue weighted by molar-refractivity contribution is 0.111. The lowest BCUT2D eigenvalue weighted by Crippen LogP contribution is -2.45. The fraction of sp³-hybridized carbons (Fsp3) is 0.273. The summed E-state index contributed by atoms with van der Waals surface area (Å²) in [5, 5.41) is 2.37. The SMILES string of the molecule is c1ccc2oc(CN3CCN(Cc4cc5ccccc5o4)CC3)cc2c1. The number of nitrogens with zero attached hydrogens (tertiary/aromatic N) is 2. The van der Waals surface area contributed by atoms with Gasteiger partial charge in [0.25, 0.3) is 0 Å². The van der Waals surface area contributed by atoms with Gasteiger partial charge in [0.05, 0.1) is 13.1 Å². The topological polar surface area (TPSA) is 32.8 Å². The molecule has 0 aliphatic carbocycles. The smallest absolute Gasteiger partial charge is 0.134 e. The van der Waals surface area contributed by atoms with E-state index in [0.717, 1.165) is 62.0 Å². The molecule has 0 spiro atoms. The number of benzene rings is 2. The Kier molecular flexibility index (Phi) is 4.00. The average Bonchev–Trinajstić information content (AvgIpc) is 3.25.